The SMILES string of the molecule is CCN(C=O)CC.CCS(=O)(=O)c1ccc(C(=O)C2C(=O)CCCC2=O)c(Cl)c1OC. The fourth-order valence-corrected chi connectivity index (χ4v) is 4.49. The molecule has 172 valence electrons. The van der Waals surface area contributed by atoms with Gasteiger partial charge in [-0.2, -0.15) is 0 Å². The first-order chi connectivity index (χ1) is 14.6. The Morgan fingerprint density at radius 3 is 2.10 bits per heavy atom. The summed E-state index contributed by atoms with van der Waals surface area (Å²) < 4.78 is 29.2. The summed E-state index contributed by atoms with van der Waals surface area (Å²) in [4.78, 5) is 48.0. The molecular formula is C21H28ClNO7S. The van der Waals surface area contributed by atoms with Crippen molar-refractivity contribution in [2.75, 3.05) is 26.0 Å². The van der Waals surface area contributed by atoms with Gasteiger partial charge in [-0.1, -0.05) is 18.5 Å². The molecule has 0 radical (unpaired) electrons. The minimum atomic E-state index is -3.61. The third kappa shape index (κ3) is 6.36. The van der Waals surface area contributed by atoms with Crippen molar-refractivity contribution in [1.29, 1.82) is 0 Å². The molecule has 0 unspecified atom stereocenters. The highest BCUT2D eigenvalue weighted by Crippen LogP contribution is 2.37. The summed E-state index contributed by atoms with van der Waals surface area (Å²) in [5.41, 5.74) is -0.0860. The van der Waals surface area contributed by atoms with Crippen LogP contribution < -0.4 is 4.74 Å². The molecule has 0 N–H and O–H groups in total. The van der Waals surface area contributed by atoms with Crippen molar-refractivity contribution in [3.05, 3.63) is 22.7 Å². The molecule has 8 nitrogen and oxygen atoms in total. The van der Waals surface area contributed by atoms with Gasteiger partial charge < -0.3 is 9.64 Å². The maximum atomic E-state index is 12.6. The molecule has 1 amide bonds. The Kier molecular flexibility index (Phi) is 10.3. The largest absolute Gasteiger partial charge is 0.494 e. The van der Waals surface area contributed by atoms with Crippen LogP contribution in [-0.2, 0) is 24.2 Å². The first-order valence-corrected chi connectivity index (χ1v) is 12.0. The quantitative estimate of drug-likeness (QED) is 0.324. The number of methoxy groups -OCH3 is 1. The Morgan fingerprint density at radius 2 is 1.71 bits per heavy atom. The summed E-state index contributed by atoms with van der Waals surface area (Å²) in [6.07, 6.45) is 1.63. The number of sulfone groups is 1. The standard InChI is InChI=1S/C16H17ClO6S.C5H11NO/c1-3-24(21,22)12-8-7-9(14(17)16(12)23-2)15(20)13-10(18)5-4-6-11(13)19;1-3-6(4-2)5-7/h7-8,13H,3-6H2,1-2H3;5H,3-4H2,1-2H3. The van der Waals surface area contributed by atoms with E-state index in [1.807, 2.05) is 13.8 Å². The number of Topliss-reactive ketones (excluding diaryl/α,β-unsaturated/α-hetero) is 3. The predicted octanol–water partition coefficient (Wildman–Crippen LogP) is 2.75. The topological polar surface area (TPSA) is 115 Å². The van der Waals surface area contributed by atoms with E-state index in [0.717, 1.165) is 19.5 Å². The minimum Gasteiger partial charge on any atom is -0.494 e. The number of ether oxygens (including phenoxy) is 1. The van der Waals surface area contributed by atoms with Crippen LogP contribution in [0.25, 0.3) is 0 Å². The molecule has 0 saturated heterocycles. The maximum absolute atomic E-state index is 12.6. The molecule has 1 aromatic rings. The van der Waals surface area contributed by atoms with Crippen LogP contribution >= 0.6 is 11.6 Å². The van der Waals surface area contributed by atoms with Gasteiger partial charge in [0.05, 0.1) is 17.9 Å². The highest BCUT2D eigenvalue weighted by molar-refractivity contribution is 7.91. The third-order valence-corrected chi connectivity index (χ3v) is 7.09. The van der Waals surface area contributed by atoms with E-state index in [1.54, 1.807) is 4.90 Å². The van der Waals surface area contributed by atoms with Gasteiger partial charge in [-0.05, 0) is 32.4 Å². The normalized spacial score (nSPS) is 14.5. The molecule has 0 aromatic heterocycles. The molecule has 1 fully saturated rings. The van der Waals surface area contributed by atoms with Crippen LogP contribution in [0, 0.1) is 5.92 Å². The first kappa shape index (κ1) is 26.8. The van der Waals surface area contributed by atoms with E-state index in [4.69, 9.17) is 16.3 Å². The van der Waals surface area contributed by atoms with Crippen LogP contribution in [0.3, 0.4) is 0 Å². The second-order valence-electron chi connectivity index (χ2n) is 6.77. The minimum absolute atomic E-state index is 0.0860. The number of ketones is 3. The van der Waals surface area contributed by atoms with Crippen LogP contribution in [0.2, 0.25) is 5.02 Å². The van der Waals surface area contributed by atoms with Crippen LogP contribution in [-0.4, -0.2) is 63.0 Å². The number of carbonyl (C=O) groups excluding carboxylic acids is 4. The molecule has 0 aliphatic heterocycles. The van der Waals surface area contributed by atoms with Crippen molar-refractivity contribution < 1.29 is 32.3 Å². The Balaban J connectivity index is 0.000000592. The van der Waals surface area contributed by atoms with Gasteiger partial charge in [0.25, 0.3) is 0 Å². The van der Waals surface area contributed by atoms with Gasteiger partial charge in [-0.15, -0.1) is 0 Å². The van der Waals surface area contributed by atoms with Crippen molar-refractivity contribution in [3.8, 4) is 5.75 Å². The van der Waals surface area contributed by atoms with Crippen molar-refractivity contribution in [3.63, 3.8) is 0 Å². The predicted molar refractivity (Wildman–Crippen MR) is 116 cm³/mol. The van der Waals surface area contributed by atoms with Gasteiger partial charge in [0.15, 0.2) is 32.9 Å². The van der Waals surface area contributed by atoms with Gasteiger partial charge in [0.1, 0.15) is 10.8 Å². The number of rotatable bonds is 8. The second-order valence-corrected chi connectivity index (χ2v) is 9.40. The van der Waals surface area contributed by atoms with Gasteiger partial charge >= 0.3 is 0 Å². The Bertz CT molecular complexity index is 923. The molecule has 0 bridgehead atoms. The Morgan fingerprint density at radius 1 is 1.16 bits per heavy atom. The van der Waals surface area contributed by atoms with E-state index in [-0.39, 0.29) is 39.8 Å². The number of carbonyl (C=O) groups is 4. The lowest BCUT2D eigenvalue weighted by Gasteiger charge is -2.20. The Hall–Kier alpha value is -2.26. The second kappa shape index (κ2) is 12.0. The van der Waals surface area contributed by atoms with Crippen molar-refractivity contribution >= 4 is 45.2 Å². The molecule has 1 aliphatic rings. The zero-order valence-corrected chi connectivity index (χ0v) is 19.7. The van der Waals surface area contributed by atoms with Gasteiger partial charge in [-0.3, -0.25) is 19.2 Å². The summed E-state index contributed by atoms with van der Waals surface area (Å²) in [6.45, 7) is 7.02. The molecule has 0 heterocycles. The molecule has 10 heteroatoms. The third-order valence-electron chi connectivity index (χ3n) is 4.96. The smallest absolute Gasteiger partial charge is 0.209 e. The molecule has 1 aromatic carbocycles. The zero-order valence-electron chi connectivity index (χ0n) is 18.1. The fourth-order valence-electron chi connectivity index (χ4n) is 3.04. The Labute approximate surface area is 187 Å². The van der Waals surface area contributed by atoms with E-state index in [1.165, 1.54) is 26.2 Å². The lowest BCUT2D eigenvalue weighted by atomic mass is 9.81. The average Bonchev–Trinajstić information content (AvgIpc) is 2.74. The van der Waals surface area contributed by atoms with Crippen LogP contribution in [0.15, 0.2) is 17.0 Å². The molecule has 0 atom stereocenters. The molecular weight excluding hydrogens is 446 g/mol. The highest BCUT2D eigenvalue weighted by atomic mass is 35.5. The number of hydrogen-bond donors (Lipinski definition) is 0. The van der Waals surface area contributed by atoms with Crippen molar-refractivity contribution in [2.45, 2.75) is 44.9 Å². The van der Waals surface area contributed by atoms with Crippen LogP contribution in [0.5, 0.6) is 5.75 Å². The lowest BCUT2D eigenvalue weighted by Crippen LogP contribution is -2.35. The van der Waals surface area contributed by atoms with Crippen LogP contribution in [0.4, 0.5) is 0 Å². The summed E-state index contributed by atoms with van der Waals surface area (Å²) >= 11 is 6.15. The molecule has 31 heavy (non-hydrogen) atoms. The number of halogens is 1. The van der Waals surface area contributed by atoms with Crippen molar-refractivity contribution in [2.24, 2.45) is 5.92 Å². The van der Waals surface area contributed by atoms with Crippen molar-refractivity contribution in [1.82, 2.24) is 4.90 Å². The zero-order chi connectivity index (χ0) is 23.8. The summed E-state index contributed by atoms with van der Waals surface area (Å²) in [5.74, 6) is -3.26. The molecule has 1 saturated carbocycles. The van der Waals surface area contributed by atoms with E-state index in [0.29, 0.717) is 6.42 Å². The number of amides is 1. The van der Waals surface area contributed by atoms with Gasteiger partial charge in [0.2, 0.25) is 6.41 Å². The number of nitrogens with zero attached hydrogens (tertiary/aromatic N) is 1. The first-order valence-electron chi connectivity index (χ1n) is 9.97. The van der Waals surface area contributed by atoms with E-state index in [2.05, 4.69) is 0 Å². The fraction of sp³-hybridized carbons (Fsp3) is 0.524. The number of benzene rings is 1. The molecule has 0 spiro atoms. The summed E-state index contributed by atoms with van der Waals surface area (Å²) in [5, 5.41) is -0.205. The highest BCUT2D eigenvalue weighted by Gasteiger charge is 2.38. The van der Waals surface area contributed by atoms with E-state index in [9.17, 15) is 27.6 Å². The molecule has 1 aliphatic carbocycles. The van der Waals surface area contributed by atoms with Gasteiger partial charge in [-0.25, -0.2) is 8.42 Å². The summed E-state index contributed by atoms with van der Waals surface area (Å²) in [7, 11) is -2.37. The monoisotopic (exact) mass is 473 g/mol. The van der Waals surface area contributed by atoms with Crippen LogP contribution in [0.1, 0.15) is 50.4 Å². The summed E-state index contributed by atoms with van der Waals surface area (Å²) in [6, 6.07) is 2.44. The average molecular weight is 474 g/mol. The van der Waals surface area contributed by atoms with E-state index < -0.39 is 33.1 Å². The maximum Gasteiger partial charge on any atom is 0.209 e. The molecule has 2 rings (SSSR count). The van der Waals surface area contributed by atoms with E-state index >= 15 is 0 Å². The van der Waals surface area contributed by atoms with Gasteiger partial charge in [0, 0.05) is 31.5 Å². The lowest BCUT2D eigenvalue weighted by molar-refractivity contribution is -0.133. The number of hydrogen-bond acceptors (Lipinski definition) is 7.